The molecule has 6 atom stereocenters. The van der Waals surface area contributed by atoms with Crippen LogP contribution in [0.5, 0.6) is 5.75 Å². The highest BCUT2D eigenvalue weighted by Gasteiger charge is 2.81. The largest absolute Gasteiger partial charge is 0.453 e. The fraction of sp³-hybridized carbons (Fsp3) is 0.444. The third-order valence-corrected chi connectivity index (χ3v) is 10.2. The van der Waals surface area contributed by atoms with E-state index >= 15 is 0 Å². The maximum absolute atomic E-state index is 14.1. The molecule has 8 rings (SSSR count). The van der Waals surface area contributed by atoms with Gasteiger partial charge in [0.2, 0.25) is 11.6 Å². The van der Waals surface area contributed by atoms with E-state index in [0.29, 0.717) is 37.4 Å². The van der Waals surface area contributed by atoms with Crippen molar-refractivity contribution in [2.75, 3.05) is 24.6 Å². The van der Waals surface area contributed by atoms with Crippen LogP contribution in [-0.4, -0.2) is 63.1 Å². The highest BCUT2D eigenvalue weighted by atomic mass is 16.6. The van der Waals surface area contributed by atoms with E-state index < -0.39 is 60.7 Å². The molecule has 0 radical (unpaired) electrons. The number of para-hydroxylation sites is 1. The van der Waals surface area contributed by atoms with Gasteiger partial charge in [-0.1, -0.05) is 29.8 Å². The Morgan fingerprint density at radius 1 is 1.02 bits per heavy atom. The zero-order valence-electron chi connectivity index (χ0n) is 21.5. The molecule has 2 aromatic rings. The SMILES string of the molecule is O=C1CC2OCC=C3CN4CC[C@]56c7ccccc7N1C5(Oc1c([N+](=O)[O-])cc([N+](=O)[O-])cc1[N+](=O)[O-])[C@@H]2[C@H]3C[C@H]46. The minimum absolute atomic E-state index is 0.0661. The van der Waals surface area contributed by atoms with Gasteiger partial charge in [-0.2, -0.15) is 0 Å². The Morgan fingerprint density at radius 2 is 1.76 bits per heavy atom. The number of carbonyl (C=O) groups excluding carboxylic acids is 1. The van der Waals surface area contributed by atoms with Crippen molar-refractivity contribution < 1.29 is 29.0 Å². The Kier molecular flexibility index (Phi) is 4.67. The first-order valence-electron chi connectivity index (χ1n) is 13.5. The summed E-state index contributed by atoms with van der Waals surface area (Å²) in [7, 11) is 0. The Labute approximate surface area is 231 Å². The Balaban J connectivity index is 1.47. The van der Waals surface area contributed by atoms with Crippen molar-refractivity contribution in [3.8, 4) is 5.75 Å². The fourth-order valence-electron chi connectivity index (χ4n) is 8.99. The number of rotatable bonds is 5. The number of fused-ring (bicyclic) bond motifs is 2. The molecular weight excluding hydrogens is 538 g/mol. The molecule has 0 aromatic heterocycles. The van der Waals surface area contributed by atoms with E-state index in [1.54, 1.807) is 4.90 Å². The Morgan fingerprint density at radius 3 is 2.46 bits per heavy atom. The topological polar surface area (TPSA) is 171 Å². The van der Waals surface area contributed by atoms with E-state index in [0.717, 1.165) is 24.1 Å². The summed E-state index contributed by atoms with van der Waals surface area (Å²) < 4.78 is 13.1. The normalized spacial score (nSPS) is 34.0. The maximum Gasteiger partial charge on any atom is 0.325 e. The first kappa shape index (κ1) is 24.4. The molecule has 2 aromatic carbocycles. The van der Waals surface area contributed by atoms with Crippen LogP contribution in [0.25, 0.3) is 0 Å². The molecule has 5 heterocycles. The average Bonchev–Trinajstić information content (AvgIpc) is 3.38. The molecule has 210 valence electrons. The number of hydrogen-bond donors (Lipinski definition) is 0. The summed E-state index contributed by atoms with van der Waals surface area (Å²) in [5.74, 6) is -1.57. The van der Waals surface area contributed by atoms with Crippen LogP contribution < -0.4 is 9.64 Å². The highest BCUT2D eigenvalue weighted by molar-refractivity contribution is 6.00. The van der Waals surface area contributed by atoms with Crippen LogP contribution >= 0.6 is 0 Å². The first-order valence-corrected chi connectivity index (χ1v) is 13.5. The lowest BCUT2D eigenvalue weighted by molar-refractivity contribution is -0.405. The number of non-ortho nitro benzene ring substituents is 1. The van der Waals surface area contributed by atoms with Gasteiger partial charge >= 0.3 is 11.4 Å². The summed E-state index contributed by atoms with van der Waals surface area (Å²) in [6.45, 7) is 1.71. The van der Waals surface area contributed by atoms with Gasteiger partial charge in [0, 0.05) is 12.6 Å². The van der Waals surface area contributed by atoms with Crippen molar-refractivity contribution in [1.82, 2.24) is 4.90 Å². The average molecular weight is 562 g/mol. The number of ether oxygens (including phenoxy) is 2. The Bertz CT molecular complexity index is 1610. The van der Waals surface area contributed by atoms with Crippen LogP contribution in [0.4, 0.5) is 22.7 Å². The number of nitrogens with zero attached hydrogens (tertiary/aromatic N) is 5. The van der Waals surface area contributed by atoms with Crippen LogP contribution in [-0.2, 0) is 14.9 Å². The number of carbonyl (C=O) groups is 1. The van der Waals surface area contributed by atoms with E-state index in [-0.39, 0.29) is 24.3 Å². The monoisotopic (exact) mass is 561 g/mol. The number of anilines is 1. The lowest BCUT2D eigenvalue weighted by Gasteiger charge is -2.64. The number of nitro groups is 3. The summed E-state index contributed by atoms with van der Waals surface area (Å²) >= 11 is 0. The second kappa shape index (κ2) is 7.85. The van der Waals surface area contributed by atoms with Gasteiger partial charge in [0.1, 0.15) is 0 Å². The predicted molar refractivity (Wildman–Crippen MR) is 139 cm³/mol. The van der Waals surface area contributed by atoms with Crippen LogP contribution in [0.2, 0.25) is 0 Å². The van der Waals surface area contributed by atoms with Crippen LogP contribution in [0.15, 0.2) is 48.0 Å². The van der Waals surface area contributed by atoms with Gasteiger partial charge < -0.3 is 9.47 Å². The molecule has 1 aliphatic carbocycles. The molecule has 6 aliphatic rings. The maximum atomic E-state index is 14.1. The van der Waals surface area contributed by atoms with Crippen LogP contribution in [0.1, 0.15) is 24.8 Å². The highest BCUT2D eigenvalue weighted by Crippen LogP contribution is 2.71. The van der Waals surface area contributed by atoms with E-state index in [1.807, 2.05) is 30.3 Å². The van der Waals surface area contributed by atoms with Crippen molar-refractivity contribution in [2.45, 2.75) is 42.5 Å². The minimum Gasteiger partial charge on any atom is -0.453 e. The third-order valence-electron chi connectivity index (χ3n) is 10.2. The molecule has 41 heavy (non-hydrogen) atoms. The summed E-state index contributed by atoms with van der Waals surface area (Å²) in [5, 5.41) is 36.2. The number of benzene rings is 2. The Hall–Kier alpha value is -4.43. The number of amides is 1. The molecule has 5 aliphatic heterocycles. The van der Waals surface area contributed by atoms with Gasteiger partial charge in [-0.05, 0) is 36.9 Å². The molecular formula is C27H23N5O9. The summed E-state index contributed by atoms with van der Waals surface area (Å²) in [6.07, 6.45) is 2.84. The quantitative estimate of drug-likeness (QED) is 0.300. The number of hydrogen-bond acceptors (Lipinski definition) is 10. The van der Waals surface area contributed by atoms with Gasteiger partial charge in [0.25, 0.3) is 11.4 Å². The molecule has 2 bridgehead atoms. The fourth-order valence-corrected chi connectivity index (χ4v) is 8.99. The predicted octanol–water partition coefficient (Wildman–Crippen LogP) is 3.22. The summed E-state index contributed by atoms with van der Waals surface area (Å²) in [6, 6.07) is 8.73. The third kappa shape index (κ3) is 2.76. The first-order chi connectivity index (χ1) is 19.7. The lowest BCUT2D eigenvalue weighted by atomic mass is 9.51. The zero-order chi connectivity index (χ0) is 28.4. The van der Waals surface area contributed by atoms with Crippen molar-refractivity contribution >= 4 is 28.7 Å². The second-order valence-corrected chi connectivity index (χ2v) is 11.6. The molecule has 1 saturated carbocycles. The lowest BCUT2D eigenvalue weighted by Crippen LogP contribution is -2.79. The zero-order valence-corrected chi connectivity index (χ0v) is 21.5. The smallest absolute Gasteiger partial charge is 0.325 e. The van der Waals surface area contributed by atoms with E-state index in [1.165, 1.54) is 0 Å². The minimum atomic E-state index is -1.60. The van der Waals surface area contributed by atoms with Gasteiger partial charge in [-0.15, -0.1) is 0 Å². The van der Waals surface area contributed by atoms with Gasteiger partial charge in [-0.3, -0.25) is 44.9 Å². The standard InChI is InChI=1S/C27H23N5O9/c33-23-12-21-24-16-11-22-26(6-7-28(22)13-14(16)5-8-40-21)17-3-1-2-4-18(17)29(23)27(24,26)41-25-19(31(36)37)9-15(30(34)35)10-20(25)32(38)39/h1-5,9-10,16,21-22,24H,6-8,11-13H2/t16-,21?,22-,24+,26+,27?/m0/s1. The molecule has 14 heteroatoms. The summed E-state index contributed by atoms with van der Waals surface area (Å²) in [5.41, 5.74) is -2.44. The van der Waals surface area contributed by atoms with E-state index in [4.69, 9.17) is 9.47 Å². The molecule has 4 fully saturated rings. The molecule has 0 N–H and O–H groups in total. The molecule has 1 spiro atoms. The van der Waals surface area contributed by atoms with Crippen molar-refractivity contribution in [1.29, 1.82) is 0 Å². The molecule has 14 nitrogen and oxygen atoms in total. The van der Waals surface area contributed by atoms with E-state index in [9.17, 15) is 35.1 Å². The van der Waals surface area contributed by atoms with Gasteiger partial charge in [0.05, 0.1) is 63.1 Å². The van der Waals surface area contributed by atoms with Crippen LogP contribution in [0, 0.1) is 42.2 Å². The number of nitro benzene ring substituents is 3. The van der Waals surface area contributed by atoms with Gasteiger partial charge in [0.15, 0.2) is 0 Å². The van der Waals surface area contributed by atoms with Crippen molar-refractivity contribution in [2.24, 2.45) is 11.8 Å². The summed E-state index contributed by atoms with van der Waals surface area (Å²) in [4.78, 5) is 51.6. The number of piperidine rings is 2. The van der Waals surface area contributed by atoms with Crippen LogP contribution in [0.3, 0.4) is 0 Å². The van der Waals surface area contributed by atoms with E-state index in [2.05, 4.69) is 4.90 Å². The molecule has 1 amide bonds. The van der Waals surface area contributed by atoms with Crippen molar-refractivity contribution in [3.63, 3.8) is 0 Å². The van der Waals surface area contributed by atoms with Gasteiger partial charge in [-0.25, -0.2) is 0 Å². The van der Waals surface area contributed by atoms with Crippen molar-refractivity contribution in [3.05, 3.63) is 84.0 Å². The second-order valence-electron chi connectivity index (χ2n) is 11.6. The molecule has 3 saturated heterocycles. The molecule has 2 unspecified atom stereocenters.